The maximum Gasteiger partial charge on any atom is 0.194 e. The summed E-state index contributed by atoms with van der Waals surface area (Å²) in [5.74, 6) is 2.88. The van der Waals surface area contributed by atoms with Crippen LogP contribution in [0.4, 0.5) is 0 Å². The molecule has 2 fully saturated rings. The molecule has 2 atom stereocenters. The topological polar surface area (TPSA) is 27.6 Å². The lowest BCUT2D eigenvalue weighted by Crippen LogP contribution is -2.46. The Balaban J connectivity index is 1.88. The predicted octanol–water partition coefficient (Wildman–Crippen LogP) is 2.09. The van der Waals surface area contributed by atoms with E-state index in [2.05, 4.69) is 36.0 Å². The van der Waals surface area contributed by atoms with Crippen LogP contribution in [-0.2, 0) is 0 Å². The molecule has 0 radical (unpaired) electrons. The number of piperidine rings is 1. The molecule has 0 aromatic carbocycles. The van der Waals surface area contributed by atoms with Gasteiger partial charge in [-0.25, -0.2) is 0 Å². The first-order chi connectivity index (χ1) is 7.70. The largest absolute Gasteiger partial charge is 0.353 e. The van der Waals surface area contributed by atoms with Crippen LogP contribution in [0.3, 0.4) is 0 Å². The van der Waals surface area contributed by atoms with Crippen LogP contribution < -0.4 is 5.32 Å². The Hall–Kier alpha value is -0.730. The highest BCUT2D eigenvalue weighted by molar-refractivity contribution is 5.80. The second-order valence-corrected chi connectivity index (χ2v) is 5.43. The average molecular weight is 223 g/mol. The Morgan fingerprint density at radius 3 is 2.44 bits per heavy atom. The van der Waals surface area contributed by atoms with Crippen molar-refractivity contribution in [2.45, 2.75) is 46.1 Å². The van der Waals surface area contributed by atoms with Crippen molar-refractivity contribution in [3.63, 3.8) is 0 Å². The van der Waals surface area contributed by atoms with Crippen LogP contribution >= 0.6 is 0 Å². The van der Waals surface area contributed by atoms with Crippen LogP contribution in [0, 0.1) is 11.8 Å². The van der Waals surface area contributed by atoms with Gasteiger partial charge in [0.05, 0.1) is 0 Å². The molecule has 2 unspecified atom stereocenters. The molecule has 1 aliphatic carbocycles. The van der Waals surface area contributed by atoms with E-state index in [1.165, 1.54) is 32.4 Å². The highest BCUT2D eigenvalue weighted by atomic mass is 15.3. The van der Waals surface area contributed by atoms with E-state index in [4.69, 9.17) is 0 Å². The number of rotatable bonds is 2. The summed E-state index contributed by atoms with van der Waals surface area (Å²) in [6.07, 6.45) is 3.93. The van der Waals surface area contributed by atoms with Gasteiger partial charge in [-0.2, -0.15) is 0 Å². The van der Waals surface area contributed by atoms with Gasteiger partial charge in [-0.3, -0.25) is 4.99 Å². The Kier molecular flexibility index (Phi) is 3.72. The predicted molar refractivity (Wildman–Crippen MR) is 68.7 cm³/mol. The summed E-state index contributed by atoms with van der Waals surface area (Å²) in [6, 6.07) is 0.685. The molecular weight excluding hydrogens is 198 g/mol. The summed E-state index contributed by atoms with van der Waals surface area (Å²) in [5.41, 5.74) is 0. The Morgan fingerprint density at radius 1 is 1.31 bits per heavy atom. The van der Waals surface area contributed by atoms with Crippen molar-refractivity contribution in [3.05, 3.63) is 0 Å². The van der Waals surface area contributed by atoms with Crippen LogP contribution in [0.1, 0.15) is 40.0 Å². The van der Waals surface area contributed by atoms with Crippen LogP contribution in [-0.4, -0.2) is 36.5 Å². The van der Waals surface area contributed by atoms with E-state index < -0.39 is 0 Å². The van der Waals surface area contributed by atoms with Crippen molar-refractivity contribution in [1.82, 2.24) is 10.2 Å². The first-order valence-corrected chi connectivity index (χ1v) is 6.76. The first-order valence-electron chi connectivity index (χ1n) is 6.76. The monoisotopic (exact) mass is 223 g/mol. The van der Waals surface area contributed by atoms with Crippen molar-refractivity contribution in [3.8, 4) is 0 Å². The van der Waals surface area contributed by atoms with E-state index in [0.29, 0.717) is 6.04 Å². The molecule has 16 heavy (non-hydrogen) atoms. The number of nitrogens with one attached hydrogen (secondary N) is 1. The van der Waals surface area contributed by atoms with Crippen molar-refractivity contribution >= 4 is 5.96 Å². The van der Waals surface area contributed by atoms with Gasteiger partial charge < -0.3 is 10.2 Å². The maximum absolute atomic E-state index is 4.62. The molecule has 2 rings (SSSR count). The van der Waals surface area contributed by atoms with Gasteiger partial charge in [-0.1, -0.05) is 13.8 Å². The van der Waals surface area contributed by atoms with Gasteiger partial charge in [0.15, 0.2) is 5.96 Å². The van der Waals surface area contributed by atoms with Crippen LogP contribution in [0.25, 0.3) is 0 Å². The van der Waals surface area contributed by atoms with Crippen molar-refractivity contribution in [2.75, 3.05) is 19.6 Å². The van der Waals surface area contributed by atoms with Gasteiger partial charge >= 0.3 is 0 Å². The average Bonchev–Trinajstić information content (AvgIpc) is 2.95. The maximum atomic E-state index is 4.62. The Bertz CT molecular complexity index is 254. The van der Waals surface area contributed by atoms with Gasteiger partial charge in [0.1, 0.15) is 0 Å². The standard InChI is InChI=1S/C13H25N3/c1-4-14-13(15-12-9-11(12)3)16-7-5-10(2)6-8-16/h10-12H,4-9H2,1-3H3,(H,14,15). The SMILES string of the molecule is CCN=C(NC1CC1C)N1CCC(C)CC1. The minimum atomic E-state index is 0.685. The highest BCUT2D eigenvalue weighted by Crippen LogP contribution is 2.29. The van der Waals surface area contributed by atoms with Crippen molar-refractivity contribution in [2.24, 2.45) is 16.8 Å². The fourth-order valence-electron chi connectivity index (χ4n) is 2.30. The molecule has 3 nitrogen and oxygen atoms in total. The molecule has 1 aliphatic heterocycles. The van der Waals surface area contributed by atoms with Gasteiger partial charge in [-0.05, 0) is 38.0 Å². The van der Waals surface area contributed by atoms with E-state index in [1.54, 1.807) is 0 Å². The number of guanidine groups is 1. The summed E-state index contributed by atoms with van der Waals surface area (Å²) in [5, 5.41) is 3.60. The Morgan fingerprint density at radius 2 is 1.94 bits per heavy atom. The van der Waals surface area contributed by atoms with E-state index in [9.17, 15) is 0 Å². The molecule has 92 valence electrons. The third-order valence-electron chi connectivity index (χ3n) is 3.82. The summed E-state index contributed by atoms with van der Waals surface area (Å²) < 4.78 is 0. The number of hydrogen-bond acceptors (Lipinski definition) is 1. The summed E-state index contributed by atoms with van der Waals surface area (Å²) in [7, 11) is 0. The number of hydrogen-bond donors (Lipinski definition) is 1. The van der Waals surface area contributed by atoms with Crippen molar-refractivity contribution < 1.29 is 0 Å². The summed E-state index contributed by atoms with van der Waals surface area (Å²) in [4.78, 5) is 7.06. The molecule has 1 saturated carbocycles. The van der Waals surface area contributed by atoms with Crippen LogP contribution in [0.2, 0.25) is 0 Å². The highest BCUT2D eigenvalue weighted by Gasteiger charge is 2.34. The molecule has 0 aromatic rings. The molecular formula is C13H25N3. The lowest BCUT2D eigenvalue weighted by atomic mass is 10.00. The van der Waals surface area contributed by atoms with Gasteiger partial charge in [0.25, 0.3) is 0 Å². The second-order valence-electron chi connectivity index (χ2n) is 5.43. The third kappa shape index (κ3) is 2.89. The molecule has 1 N–H and O–H groups in total. The first kappa shape index (κ1) is 11.7. The third-order valence-corrected chi connectivity index (χ3v) is 3.82. The molecule has 0 amide bonds. The molecule has 1 heterocycles. The van der Waals surface area contributed by atoms with Gasteiger partial charge in [0.2, 0.25) is 0 Å². The quantitative estimate of drug-likeness (QED) is 0.573. The minimum absolute atomic E-state index is 0.685. The molecule has 0 bridgehead atoms. The zero-order valence-corrected chi connectivity index (χ0v) is 10.9. The van der Waals surface area contributed by atoms with E-state index in [1.807, 2.05) is 0 Å². The second kappa shape index (κ2) is 5.07. The molecule has 3 heteroatoms. The van der Waals surface area contributed by atoms with E-state index in [-0.39, 0.29) is 0 Å². The summed E-state index contributed by atoms with van der Waals surface area (Å²) in [6.45, 7) is 10.0. The zero-order chi connectivity index (χ0) is 11.5. The smallest absolute Gasteiger partial charge is 0.194 e. The van der Waals surface area contributed by atoms with Crippen LogP contribution in [0.15, 0.2) is 4.99 Å². The fourth-order valence-corrected chi connectivity index (χ4v) is 2.30. The molecule has 2 aliphatic rings. The fraction of sp³-hybridized carbons (Fsp3) is 0.923. The molecule has 0 aromatic heterocycles. The lowest BCUT2D eigenvalue weighted by Gasteiger charge is -2.33. The van der Waals surface area contributed by atoms with Gasteiger partial charge in [0, 0.05) is 25.7 Å². The van der Waals surface area contributed by atoms with Crippen molar-refractivity contribution in [1.29, 1.82) is 0 Å². The zero-order valence-electron chi connectivity index (χ0n) is 10.9. The summed E-state index contributed by atoms with van der Waals surface area (Å²) >= 11 is 0. The normalized spacial score (nSPS) is 31.7. The minimum Gasteiger partial charge on any atom is -0.353 e. The lowest BCUT2D eigenvalue weighted by molar-refractivity contribution is 0.272. The van der Waals surface area contributed by atoms with Crippen LogP contribution in [0.5, 0.6) is 0 Å². The van der Waals surface area contributed by atoms with E-state index in [0.717, 1.165) is 24.3 Å². The number of likely N-dealkylation sites (tertiary alicyclic amines) is 1. The Labute approximate surface area is 99.3 Å². The van der Waals surface area contributed by atoms with Gasteiger partial charge in [-0.15, -0.1) is 0 Å². The number of nitrogens with zero attached hydrogens (tertiary/aromatic N) is 2. The number of aliphatic imine (C=N–C) groups is 1. The molecule has 0 spiro atoms. The molecule has 1 saturated heterocycles. The van der Waals surface area contributed by atoms with E-state index >= 15 is 0 Å².